The second-order valence-electron chi connectivity index (χ2n) is 4.56. The number of rotatable bonds is 4. The van der Waals surface area contributed by atoms with E-state index in [0.29, 0.717) is 11.3 Å². The molecule has 3 aromatic rings. The van der Waals surface area contributed by atoms with E-state index in [0.717, 1.165) is 10.2 Å². The van der Waals surface area contributed by atoms with E-state index < -0.39 is 0 Å². The van der Waals surface area contributed by atoms with Crippen LogP contribution in [0.15, 0.2) is 65.3 Å². The number of aromatic nitrogens is 3. The summed E-state index contributed by atoms with van der Waals surface area (Å²) in [5, 5.41) is 7.89. The number of hydrogen-bond acceptors (Lipinski definition) is 4. The smallest absolute Gasteiger partial charge is 0.338 e. The molecule has 0 aliphatic carbocycles. The van der Waals surface area contributed by atoms with Gasteiger partial charge < -0.3 is 4.74 Å². The third-order valence-electron chi connectivity index (χ3n) is 3.05. The number of esters is 1. The molecule has 0 N–H and O–H groups in total. The van der Waals surface area contributed by atoms with Gasteiger partial charge in [-0.3, -0.25) is 0 Å². The van der Waals surface area contributed by atoms with Crippen molar-refractivity contribution in [2.24, 2.45) is 0 Å². The summed E-state index contributed by atoms with van der Waals surface area (Å²) >= 11 is 3.33. The van der Waals surface area contributed by atoms with Crippen LogP contribution in [0.1, 0.15) is 16.1 Å². The SMILES string of the molecule is O=C(OCc1cnnn1-c1ccccc1)c1ccc(Br)cc1. The molecule has 0 saturated heterocycles. The normalized spacial score (nSPS) is 10.4. The van der Waals surface area contributed by atoms with Gasteiger partial charge in [0.1, 0.15) is 12.3 Å². The Morgan fingerprint density at radius 3 is 2.55 bits per heavy atom. The van der Waals surface area contributed by atoms with Crippen molar-refractivity contribution in [3.8, 4) is 5.69 Å². The van der Waals surface area contributed by atoms with Crippen LogP contribution in [0.2, 0.25) is 0 Å². The van der Waals surface area contributed by atoms with Gasteiger partial charge >= 0.3 is 5.97 Å². The molecule has 0 amide bonds. The van der Waals surface area contributed by atoms with Crippen LogP contribution in [-0.2, 0) is 11.3 Å². The lowest BCUT2D eigenvalue weighted by Crippen LogP contribution is -2.09. The first-order valence-corrected chi connectivity index (χ1v) is 7.41. The Kier molecular flexibility index (Phi) is 4.29. The van der Waals surface area contributed by atoms with Crippen molar-refractivity contribution in [1.29, 1.82) is 0 Å². The Labute approximate surface area is 135 Å². The van der Waals surface area contributed by atoms with E-state index in [1.54, 1.807) is 35.1 Å². The van der Waals surface area contributed by atoms with E-state index in [4.69, 9.17) is 4.74 Å². The number of carbonyl (C=O) groups excluding carboxylic acids is 1. The number of ether oxygens (including phenoxy) is 1. The van der Waals surface area contributed by atoms with E-state index in [2.05, 4.69) is 26.2 Å². The van der Waals surface area contributed by atoms with Gasteiger partial charge in [-0.25, -0.2) is 9.48 Å². The molecule has 110 valence electrons. The highest BCUT2D eigenvalue weighted by molar-refractivity contribution is 9.10. The van der Waals surface area contributed by atoms with E-state index in [1.807, 2.05) is 30.3 Å². The molecule has 0 aliphatic heterocycles. The van der Waals surface area contributed by atoms with Gasteiger partial charge in [0.2, 0.25) is 0 Å². The van der Waals surface area contributed by atoms with Gasteiger partial charge in [0.25, 0.3) is 0 Å². The lowest BCUT2D eigenvalue weighted by atomic mass is 10.2. The first kappa shape index (κ1) is 14.5. The minimum atomic E-state index is -0.381. The van der Waals surface area contributed by atoms with E-state index >= 15 is 0 Å². The molecule has 6 heteroatoms. The molecule has 1 aromatic heterocycles. The van der Waals surface area contributed by atoms with Crippen molar-refractivity contribution in [2.75, 3.05) is 0 Å². The minimum Gasteiger partial charge on any atom is -0.456 e. The fourth-order valence-corrected chi connectivity index (χ4v) is 2.21. The molecule has 0 fully saturated rings. The van der Waals surface area contributed by atoms with Crippen LogP contribution in [0.3, 0.4) is 0 Å². The zero-order valence-electron chi connectivity index (χ0n) is 11.5. The number of benzene rings is 2. The Bertz CT molecular complexity index is 770. The molecule has 1 heterocycles. The summed E-state index contributed by atoms with van der Waals surface area (Å²) in [7, 11) is 0. The molecule has 0 spiro atoms. The second kappa shape index (κ2) is 6.53. The quantitative estimate of drug-likeness (QED) is 0.671. The van der Waals surface area contributed by atoms with Crippen LogP contribution in [-0.4, -0.2) is 21.0 Å². The van der Waals surface area contributed by atoms with Crippen LogP contribution in [0.25, 0.3) is 5.69 Å². The summed E-state index contributed by atoms with van der Waals surface area (Å²) in [6.45, 7) is 0.108. The molecule has 0 unspecified atom stereocenters. The van der Waals surface area contributed by atoms with E-state index in [-0.39, 0.29) is 12.6 Å². The number of nitrogens with zero attached hydrogens (tertiary/aromatic N) is 3. The molecule has 0 aliphatic rings. The van der Waals surface area contributed by atoms with E-state index in [9.17, 15) is 4.79 Å². The van der Waals surface area contributed by atoms with Gasteiger partial charge in [0.05, 0.1) is 17.4 Å². The van der Waals surface area contributed by atoms with E-state index in [1.165, 1.54) is 0 Å². The fourth-order valence-electron chi connectivity index (χ4n) is 1.95. The molecule has 5 nitrogen and oxygen atoms in total. The first-order chi connectivity index (χ1) is 10.7. The van der Waals surface area contributed by atoms with Crippen molar-refractivity contribution >= 4 is 21.9 Å². The molecule has 0 saturated carbocycles. The Morgan fingerprint density at radius 1 is 1.09 bits per heavy atom. The maximum Gasteiger partial charge on any atom is 0.338 e. The lowest BCUT2D eigenvalue weighted by Gasteiger charge is -2.07. The van der Waals surface area contributed by atoms with Crippen LogP contribution < -0.4 is 0 Å². The van der Waals surface area contributed by atoms with Crippen LogP contribution in [0.5, 0.6) is 0 Å². The molecule has 2 aromatic carbocycles. The molecule has 22 heavy (non-hydrogen) atoms. The standard InChI is InChI=1S/C16H12BrN3O2/c17-13-8-6-12(7-9-13)16(21)22-11-15-10-18-19-20(15)14-4-2-1-3-5-14/h1-10H,11H2. The van der Waals surface area contributed by atoms with Gasteiger partial charge in [-0.15, -0.1) is 5.10 Å². The third kappa shape index (κ3) is 3.23. The number of carbonyl (C=O) groups is 1. The van der Waals surface area contributed by atoms with Crippen LogP contribution in [0, 0.1) is 0 Å². The topological polar surface area (TPSA) is 57.0 Å². The van der Waals surface area contributed by atoms with Crippen LogP contribution in [0.4, 0.5) is 0 Å². The highest BCUT2D eigenvalue weighted by atomic mass is 79.9. The van der Waals surface area contributed by atoms with Crippen molar-refractivity contribution in [2.45, 2.75) is 6.61 Å². The van der Waals surface area contributed by atoms with Gasteiger partial charge in [-0.1, -0.05) is 39.3 Å². The summed E-state index contributed by atoms with van der Waals surface area (Å²) < 4.78 is 7.88. The summed E-state index contributed by atoms with van der Waals surface area (Å²) in [4.78, 5) is 12.0. The summed E-state index contributed by atoms with van der Waals surface area (Å²) in [6.07, 6.45) is 1.59. The minimum absolute atomic E-state index is 0.108. The van der Waals surface area contributed by atoms with Crippen molar-refractivity contribution in [3.63, 3.8) is 0 Å². The molecule has 3 rings (SSSR count). The zero-order chi connectivity index (χ0) is 15.4. The Balaban J connectivity index is 1.71. The molecule has 0 atom stereocenters. The number of para-hydroxylation sites is 1. The second-order valence-corrected chi connectivity index (χ2v) is 5.47. The monoisotopic (exact) mass is 357 g/mol. The van der Waals surface area contributed by atoms with Crippen molar-refractivity contribution < 1.29 is 9.53 Å². The summed E-state index contributed by atoms with van der Waals surface area (Å²) in [5.74, 6) is -0.381. The Morgan fingerprint density at radius 2 is 1.82 bits per heavy atom. The largest absolute Gasteiger partial charge is 0.456 e. The maximum atomic E-state index is 12.0. The highest BCUT2D eigenvalue weighted by Gasteiger charge is 2.11. The number of hydrogen-bond donors (Lipinski definition) is 0. The highest BCUT2D eigenvalue weighted by Crippen LogP contribution is 2.13. The van der Waals surface area contributed by atoms with Gasteiger partial charge in [0.15, 0.2) is 0 Å². The third-order valence-corrected chi connectivity index (χ3v) is 3.58. The molecular weight excluding hydrogens is 346 g/mol. The molecule has 0 bridgehead atoms. The van der Waals surface area contributed by atoms with Gasteiger partial charge in [-0.05, 0) is 36.4 Å². The molecule has 0 radical (unpaired) electrons. The van der Waals surface area contributed by atoms with Gasteiger partial charge in [-0.2, -0.15) is 0 Å². The average molecular weight is 358 g/mol. The molecular formula is C16H12BrN3O2. The van der Waals surface area contributed by atoms with Gasteiger partial charge in [0, 0.05) is 4.47 Å². The van der Waals surface area contributed by atoms with Crippen LogP contribution >= 0.6 is 15.9 Å². The summed E-state index contributed by atoms with van der Waals surface area (Å²) in [6, 6.07) is 16.6. The lowest BCUT2D eigenvalue weighted by molar-refractivity contribution is 0.0465. The average Bonchev–Trinajstić information content (AvgIpc) is 3.02. The van der Waals surface area contributed by atoms with Crippen molar-refractivity contribution in [3.05, 3.63) is 76.5 Å². The maximum absolute atomic E-state index is 12.0. The first-order valence-electron chi connectivity index (χ1n) is 6.62. The predicted molar refractivity (Wildman–Crippen MR) is 84.6 cm³/mol. The fraction of sp³-hybridized carbons (Fsp3) is 0.0625. The zero-order valence-corrected chi connectivity index (χ0v) is 13.1. The summed E-state index contributed by atoms with van der Waals surface area (Å²) in [5.41, 5.74) is 2.08. The number of halogens is 1. The predicted octanol–water partition coefficient (Wildman–Crippen LogP) is 3.39. The van der Waals surface area contributed by atoms with Crippen molar-refractivity contribution in [1.82, 2.24) is 15.0 Å². The Hall–Kier alpha value is -2.47.